The number of rotatable bonds is 7. The number of benzene rings is 1. The average Bonchev–Trinajstić information content (AvgIpc) is 2.68. The topological polar surface area (TPSA) is 111 Å². The molecule has 0 spiro atoms. The number of ketones is 1. The maximum absolute atomic E-state index is 12.2. The van der Waals surface area contributed by atoms with Gasteiger partial charge in [-0.15, -0.1) is 0 Å². The molecule has 8 heteroatoms. The van der Waals surface area contributed by atoms with Gasteiger partial charge in [-0.05, 0) is 44.9 Å². The smallest absolute Gasteiger partial charge is 0.321 e. The van der Waals surface area contributed by atoms with Crippen LogP contribution in [0.2, 0.25) is 0 Å². The van der Waals surface area contributed by atoms with Gasteiger partial charge in [-0.3, -0.25) is 19.7 Å². The standard InChI is InChI=1S/C21H28N2O6/c1-13(24)15-9-10-18(28-3)16(11-15)12-19(25)29-14(2)20(26)23-21(27)22-17-7-5-4-6-8-17/h9-11,14,17H,4-8,12H2,1-3H3,(H2,22,23,26,27)/t14-/m0/s1. The predicted octanol–water partition coefficient (Wildman–Crippen LogP) is 2.53. The first-order valence-corrected chi connectivity index (χ1v) is 9.79. The second-order valence-corrected chi connectivity index (χ2v) is 7.19. The highest BCUT2D eigenvalue weighted by atomic mass is 16.5. The van der Waals surface area contributed by atoms with Crippen LogP contribution in [0.4, 0.5) is 4.79 Å². The fourth-order valence-electron chi connectivity index (χ4n) is 3.27. The molecule has 158 valence electrons. The molecule has 0 radical (unpaired) electrons. The van der Waals surface area contributed by atoms with Crippen LogP contribution in [0.25, 0.3) is 0 Å². The molecule has 1 atom stereocenters. The molecule has 2 N–H and O–H groups in total. The third-order valence-electron chi connectivity index (χ3n) is 4.88. The van der Waals surface area contributed by atoms with Crippen molar-refractivity contribution in [2.45, 2.75) is 64.5 Å². The molecule has 0 aliphatic heterocycles. The highest BCUT2D eigenvalue weighted by molar-refractivity contribution is 5.97. The molecule has 8 nitrogen and oxygen atoms in total. The monoisotopic (exact) mass is 404 g/mol. The number of nitrogens with one attached hydrogen (secondary N) is 2. The zero-order valence-corrected chi connectivity index (χ0v) is 17.1. The molecule has 1 aromatic carbocycles. The first kappa shape index (κ1) is 22.4. The number of hydrogen-bond donors (Lipinski definition) is 2. The van der Waals surface area contributed by atoms with Crippen molar-refractivity contribution in [2.24, 2.45) is 0 Å². The highest BCUT2D eigenvalue weighted by Crippen LogP contribution is 2.21. The Kier molecular flexibility index (Phi) is 8.18. The number of methoxy groups -OCH3 is 1. The maximum atomic E-state index is 12.2. The Labute approximate surface area is 170 Å². The Balaban J connectivity index is 1.87. The summed E-state index contributed by atoms with van der Waals surface area (Å²) in [5.41, 5.74) is 0.923. The molecule has 1 saturated carbocycles. The minimum absolute atomic E-state index is 0.0652. The van der Waals surface area contributed by atoms with Crippen molar-refractivity contribution in [1.82, 2.24) is 10.6 Å². The molecule has 0 heterocycles. The molecule has 3 amide bonds. The number of amides is 3. The Bertz CT molecular complexity index is 770. The molecule has 2 rings (SSSR count). The normalized spacial score (nSPS) is 15.1. The lowest BCUT2D eigenvalue weighted by atomic mass is 9.96. The van der Waals surface area contributed by atoms with E-state index < -0.39 is 24.0 Å². The van der Waals surface area contributed by atoms with Crippen LogP contribution in [0.15, 0.2) is 18.2 Å². The van der Waals surface area contributed by atoms with Crippen LogP contribution in [0.3, 0.4) is 0 Å². The van der Waals surface area contributed by atoms with Crippen LogP contribution in [0.1, 0.15) is 61.9 Å². The molecule has 0 unspecified atom stereocenters. The Morgan fingerprint density at radius 2 is 1.83 bits per heavy atom. The van der Waals surface area contributed by atoms with E-state index in [1.54, 1.807) is 18.2 Å². The van der Waals surface area contributed by atoms with Crippen molar-refractivity contribution in [3.63, 3.8) is 0 Å². The van der Waals surface area contributed by atoms with Crippen molar-refractivity contribution in [3.05, 3.63) is 29.3 Å². The lowest BCUT2D eigenvalue weighted by molar-refractivity contribution is -0.153. The number of Topliss-reactive ketones (excluding diaryl/α,β-unsaturated/α-hetero) is 1. The van der Waals surface area contributed by atoms with Crippen molar-refractivity contribution in [1.29, 1.82) is 0 Å². The van der Waals surface area contributed by atoms with Gasteiger partial charge in [0.15, 0.2) is 11.9 Å². The summed E-state index contributed by atoms with van der Waals surface area (Å²) in [5.74, 6) is -1.06. The quantitative estimate of drug-likeness (QED) is 0.534. The molecule has 0 aromatic heterocycles. The first-order chi connectivity index (χ1) is 13.8. The lowest BCUT2D eigenvalue weighted by Crippen LogP contribution is -2.48. The van der Waals surface area contributed by atoms with E-state index in [9.17, 15) is 19.2 Å². The van der Waals surface area contributed by atoms with Gasteiger partial charge in [0.2, 0.25) is 0 Å². The van der Waals surface area contributed by atoms with E-state index in [0.717, 1.165) is 32.1 Å². The minimum atomic E-state index is -1.14. The van der Waals surface area contributed by atoms with Crippen LogP contribution in [0.5, 0.6) is 5.75 Å². The van der Waals surface area contributed by atoms with Crippen LogP contribution >= 0.6 is 0 Å². The van der Waals surface area contributed by atoms with Crippen molar-refractivity contribution >= 4 is 23.7 Å². The van der Waals surface area contributed by atoms with Gasteiger partial charge >= 0.3 is 12.0 Å². The Hall–Kier alpha value is -2.90. The fourth-order valence-corrected chi connectivity index (χ4v) is 3.27. The van der Waals surface area contributed by atoms with Gasteiger partial charge in [0.25, 0.3) is 5.91 Å². The number of hydrogen-bond acceptors (Lipinski definition) is 6. The summed E-state index contributed by atoms with van der Waals surface area (Å²) in [6.07, 6.45) is 3.76. The van der Waals surface area contributed by atoms with Gasteiger partial charge in [-0.2, -0.15) is 0 Å². The van der Waals surface area contributed by atoms with Crippen LogP contribution in [-0.2, 0) is 20.7 Å². The Morgan fingerprint density at radius 3 is 2.45 bits per heavy atom. The van der Waals surface area contributed by atoms with Crippen LogP contribution in [-0.4, -0.2) is 42.9 Å². The molecule has 1 aliphatic carbocycles. The molecule has 0 bridgehead atoms. The number of carbonyl (C=O) groups excluding carboxylic acids is 4. The third kappa shape index (κ3) is 6.89. The molecule has 0 saturated heterocycles. The van der Waals surface area contributed by atoms with E-state index in [0.29, 0.717) is 16.9 Å². The molecular weight excluding hydrogens is 376 g/mol. The number of carbonyl (C=O) groups is 4. The average molecular weight is 404 g/mol. The summed E-state index contributed by atoms with van der Waals surface area (Å²) in [6, 6.07) is 4.25. The number of imide groups is 1. The minimum Gasteiger partial charge on any atom is -0.496 e. The summed E-state index contributed by atoms with van der Waals surface area (Å²) in [7, 11) is 1.46. The van der Waals surface area contributed by atoms with E-state index in [1.165, 1.54) is 21.0 Å². The van der Waals surface area contributed by atoms with Crippen molar-refractivity contribution in [2.75, 3.05) is 7.11 Å². The summed E-state index contributed by atoms with van der Waals surface area (Å²) in [6.45, 7) is 2.82. The molecule has 29 heavy (non-hydrogen) atoms. The highest BCUT2D eigenvalue weighted by Gasteiger charge is 2.23. The van der Waals surface area contributed by atoms with Crippen LogP contribution in [0, 0.1) is 0 Å². The van der Waals surface area contributed by atoms with E-state index in [4.69, 9.17) is 9.47 Å². The van der Waals surface area contributed by atoms with E-state index >= 15 is 0 Å². The van der Waals surface area contributed by atoms with Gasteiger partial charge in [-0.1, -0.05) is 19.3 Å². The largest absolute Gasteiger partial charge is 0.496 e. The van der Waals surface area contributed by atoms with Crippen LogP contribution < -0.4 is 15.4 Å². The lowest BCUT2D eigenvalue weighted by Gasteiger charge is -2.23. The molecule has 1 fully saturated rings. The summed E-state index contributed by atoms with van der Waals surface area (Å²) < 4.78 is 10.3. The zero-order valence-electron chi connectivity index (χ0n) is 17.1. The number of urea groups is 1. The molecular formula is C21H28N2O6. The number of esters is 1. The number of ether oxygens (including phenoxy) is 2. The van der Waals surface area contributed by atoms with E-state index in [-0.39, 0.29) is 18.2 Å². The maximum Gasteiger partial charge on any atom is 0.321 e. The van der Waals surface area contributed by atoms with Crippen molar-refractivity contribution < 1.29 is 28.7 Å². The fraction of sp³-hybridized carbons (Fsp3) is 0.524. The molecule has 1 aliphatic rings. The predicted molar refractivity (Wildman–Crippen MR) is 106 cm³/mol. The van der Waals surface area contributed by atoms with Gasteiger partial charge in [0, 0.05) is 17.2 Å². The summed E-state index contributed by atoms with van der Waals surface area (Å²) in [5, 5.41) is 4.98. The van der Waals surface area contributed by atoms with Crippen molar-refractivity contribution in [3.8, 4) is 5.75 Å². The second-order valence-electron chi connectivity index (χ2n) is 7.19. The second kappa shape index (κ2) is 10.6. The van der Waals surface area contributed by atoms with E-state index in [1.807, 2.05) is 0 Å². The van der Waals surface area contributed by atoms with Gasteiger partial charge < -0.3 is 14.8 Å². The van der Waals surface area contributed by atoms with Gasteiger partial charge in [-0.25, -0.2) is 4.79 Å². The summed E-state index contributed by atoms with van der Waals surface area (Å²) >= 11 is 0. The Morgan fingerprint density at radius 1 is 1.14 bits per heavy atom. The first-order valence-electron chi connectivity index (χ1n) is 9.79. The molecule has 1 aromatic rings. The SMILES string of the molecule is COc1ccc(C(C)=O)cc1CC(=O)O[C@@H](C)C(=O)NC(=O)NC1CCCCC1. The van der Waals surface area contributed by atoms with E-state index in [2.05, 4.69) is 10.6 Å². The summed E-state index contributed by atoms with van der Waals surface area (Å²) in [4.78, 5) is 47.9. The van der Waals surface area contributed by atoms with Gasteiger partial charge in [0.05, 0.1) is 13.5 Å². The zero-order chi connectivity index (χ0) is 21.4. The van der Waals surface area contributed by atoms with Gasteiger partial charge in [0.1, 0.15) is 5.75 Å². The third-order valence-corrected chi connectivity index (χ3v) is 4.88.